The maximum atomic E-state index is 13.5. The lowest BCUT2D eigenvalue weighted by molar-refractivity contribution is -0.127. The molecule has 1 N–H and O–H groups in total. The molecule has 1 saturated heterocycles. The maximum Gasteiger partial charge on any atom is 0.258 e. The van der Waals surface area contributed by atoms with Gasteiger partial charge in [-0.25, -0.2) is 4.68 Å². The molecule has 150 valence electrons. The molecule has 6 rings (SSSR count). The smallest absolute Gasteiger partial charge is 0.258 e. The molecule has 0 bridgehead atoms. The van der Waals surface area contributed by atoms with Gasteiger partial charge >= 0.3 is 0 Å². The molecule has 0 aliphatic carbocycles. The van der Waals surface area contributed by atoms with Crippen LogP contribution in [0.5, 0.6) is 0 Å². The van der Waals surface area contributed by atoms with Crippen LogP contribution in [-0.2, 0) is 16.6 Å². The van der Waals surface area contributed by atoms with E-state index in [0.29, 0.717) is 12.0 Å². The van der Waals surface area contributed by atoms with Crippen molar-refractivity contribution in [1.29, 1.82) is 0 Å². The molecule has 4 heterocycles. The number of anilines is 1. The Bertz CT molecular complexity index is 1200. The Kier molecular flexibility index (Phi) is 3.52. The molecule has 2 atom stereocenters. The summed E-state index contributed by atoms with van der Waals surface area (Å²) in [5.74, 6) is 0.614. The molecule has 3 aliphatic heterocycles. The minimum absolute atomic E-state index is 0.00203. The van der Waals surface area contributed by atoms with Gasteiger partial charge in [-0.3, -0.25) is 14.9 Å². The Labute approximate surface area is 174 Å². The summed E-state index contributed by atoms with van der Waals surface area (Å²) < 4.78 is 2.02. The Morgan fingerprint density at radius 2 is 1.83 bits per heavy atom. The van der Waals surface area contributed by atoms with E-state index in [-0.39, 0.29) is 17.9 Å². The van der Waals surface area contributed by atoms with Crippen LogP contribution < -0.4 is 10.2 Å². The van der Waals surface area contributed by atoms with Gasteiger partial charge < -0.3 is 4.90 Å². The molecule has 30 heavy (non-hydrogen) atoms. The minimum Gasteiger partial charge on any atom is -0.352 e. The Morgan fingerprint density at radius 3 is 2.67 bits per heavy atom. The van der Waals surface area contributed by atoms with E-state index in [4.69, 9.17) is 5.10 Å². The SMILES string of the molecule is Cc1nn(-c2ccccc2)c2c1C[C@]1(C(=O)NC(=O)c3ccccc31)[C@H]1CCCN21. The molecular formula is C24H22N4O2. The topological polar surface area (TPSA) is 67.2 Å². The highest BCUT2D eigenvalue weighted by atomic mass is 16.2. The third-order valence-electron chi connectivity index (χ3n) is 6.99. The number of imide groups is 1. The third kappa shape index (κ3) is 2.11. The van der Waals surface area contributed by atoms with Gasteiger partial charge in [0, 0.05) is 23.7 Å². The summed E-state index contributed by atoms with van der Waals surface area (Å²) in [6.07, 6.45) is 2.47. The Balaban J connectivity index is 1.61. The van der Waals surface area contributed by atoms with Crippen molar-refractivity contribution in [2.24, 2.45) is 0 Å². The van der Waals surface area contributed by atoms with E-state index in [1.807, 2.05) is 54.1 Å². The average Bonchev–Trinajstić information content (AvgIpc) is 3.38. The number of nitrogens with zero attached hydrogens (tertiary/aromatic N) is 3. The lowest BCUT2D eigenvalue weighted by Gasteiger charge is -2.48. The first kappa shape index (κ1) is 17.4. The zero-order valence-corrected chi connectivity index (χ0v) is 16.8. The number of hydrogen-bond acceptors (Lipinski definition) is 4. The van der Waals surface area contributed by atoms with Crippen LogP contribution in [0.3, 0.4) is 0 Å². The summed E-state index contributed by atoms with van der Waals surface area (Å²) in [4.78, 5) is 28.4. The summed E-state index contributed by atoms with van der Waals surface area (Å²) in [7, 11) is 0. The molecule has 3 aromatic rings. The number of amides is 2. The van der Waals surface area contributed by atoms with E-state index in [1.54, 1.807) is 0 Å². The first-order chi connectivity index (χ1) is 14.6. The van der Waals surface area contributed by atoms with Crippen molar-refractivity contribution in [3.8, 4) is 5.69 Å². The van der Waals surface area contributed by atoms with Crippen molar-refractivity contribution in [3.05, 3.63) is 77.0 Å². The summed E-state index contributed by atoms with van der Waals surface area (Å²) >= 11 is 0. The molecule has 0 saturated carbocycles. The quantitative estimate of drug-likeness (QED) is 0.640. The number of carbonyl (C=O) groups excluding carboxylic acids is 2. The highest BCUT2D eigenvalue weighted by Crippen LogP contribution is 2.50. The first-order valence-corrected chi connectivity index (χ1v) is 10.5. The van der Waals surface area contributed by atoms with Gasteiger partial charge in [0.15, 0.2) is 0 Å². The molecule has 6 heteroatoms. The van der Waals surface area contributed by atoms with Crippen molar-refractivity contribution < 1.29 is 9.59 Å². The summed E-state index contributed by atoms with van der Waals surface area (Å²) in [5, 5.41) is 7.54. The van der Waals surface area contributed by atoms with Crippen molar-refractivity contribution in [2.45, 2.75) is 37.6 Å². The lowest BCUT2D eigenvalue weighted by Crippen LogP contribution is -2.64. The molecule has 0 radical (unpaired) electrons. The van der Waals surface area contributed by atoms with E-state index in [1.165, 1.54) is 0 Å². The van der Waals surface area contributed by atoms with Crippen LogP contribution in [0.25, 0.3) is 5.69 Å². The zero-order chi connectivity index (χ0) is 20.5. The number of fused-ring (bicyclic) bond motifs is 6. The van der Waals surface area contributed by atoms with Crippen LogP contribution in [0.2, 0.25) is 0 Å². The molecule has 6 nitrogen and oxygen atoms in total. The number of aryl methyl sites for hydroxylation is 1. The second-order valence-corrected chi connectivity index (χ2v) is 8.46. The fraction of sp³-hybridized carbons (Fsp3) is 0.292. The van der Waals surface area contributed by atoms with Crippen molar-refractivity contribution in [2.75, 3.05) is 11.4 Å². The third-order valence-corrected chi connectivity index (χ3v) is 6.99. The van der Waals surface area contributed by atoms with E-state index >= 15 is 0 Å². The maximum absolute atomic E-state index is 13.5. The number of aromatic nitrogens is 2. The molecule has 1 spiro atoms. The Morgan fingerprint density at radius 1 is 1.07 bits per heavy atom. The van der Waals surface area contributed by atoms with E-state index in [2.05, 4.69) is 22.3 Å². The monoisotopic (exact) mass is 398 g/mol. The van der Waals surface area contributed by atoms with Crippen LogP contribution in [0, 0.1) is 6.92 Å². The number of nitrogens with one attached hydrogen (secondary N) is 1. The second-order valence-electron chi connectivity index (χ2n) is 8.46. The molecule has 3 aliphatic rings. The molecule has 2 amide bonds. The van der Waals surface area contributed by atoms with Gasteiger partial charge in [-0.1, -0.05) is 36.4 Å². The van der Waals surface area contributed by atoms with Gasteiger partial charge in [-0.2, -0.15) is 5.10 Å². The second kappa shape index (κ2) is 6.05. The van der Waals surface area contributed by atoms with E-state index in [9.17, 15) is 9.59 Å². The van der Waals surface area contributed by atoms with Gasteiger partial charge in [-0.05, 0) is 49.9 Å². The Hall–Kier alpha value is -3.41. The molecular weight excluding hydrogens is 376 g/mol. The van der Waals surface area contributed by atoms with Crippen LogP contribution >= 0.6 is 0 Å². The van der Waals surface area contributed by atoms with Crippen LogP contribution in [0.1, 0.15) is 40.0 Å². The fourth-order valence-electron chi connectivity index (χ4n) is 5.71. The normalized spacial score (nSPS) is 24.4. The molecule has 0 unspecified atom stereocenters. The highest BCUT2D eigenvalue weighted by Gasteiger charge is 2.58. The first-order valence-electron chi connectivity index (χ1n) is 10.5. The number of carbonyl (C=O) groups is 2. The van der Waals surface area contributed by atoms with Gasteiger partial charge in [0.2, 0.25) is 5.91 Å². The largest absolute Gasteiger partial charge is 0.352 e. The highest BCUT2D eigenvalue weighted by molar-refractivity contribution is 6.14. The summed E-state index contributed by atoms with van der Waals surface area (Å²) in [5.41, 5.74) is 3.74. The minimum atomic E-state index is -0.774. The van der Waals surface area contributed by atoms with Gasteiger partial charge in [0.1, 0.15) is 5.82 Å². The predicted molar refractivity (Wildman–Crippen MR) is 113 cm³/mol. The zero-order valence-electron chi connectivity index (χ0n) is 16.8. The van der Waals surface area contributed by atoms with Crippen molar-refractivity contribution >= 4 is 17.6 Å². The van der Waals surface area contributed by atoms with Gasteiger partial charge in [0.25, 0.3) is 5.91 Å². The number of para-hydroxylation sites is 1. The number of benzene rings is 2. The number of hydrogen-bond donors (Lipinski definition) is 1. The van der Waals surface area contributed by atoms with Crippen molar-refractivity contribution in [1.82, 2.24) is 15.1 Å². The molecule has 1 aromatic heterocycles. The fourth-order valence-corrected chi connectivity index (χ4v) is 5.71. The van der Waals surface area contributed by atoms with E-state index < -0.39 is 5.41 Å². The lowest BCUT2D eigenvalue weighted by atomic mass is 9.64. The average molecular weight is 398 g/mol. The van der Waals surface area contributed by atoms with Gasteiger partial charge in [0.05, 0.1) is 16.8 Å². The summed E-state index contributed by atoms with van der Waals surface area (Å²) in [6, 6.07) is 17.7. The predicted octanol–water partition coefficient (Wildman–Crippen LogP) is 2.91. The van der Waals surface area contributed by atoms with Crippen molar-refractivity contribution in [3.63, 3.8) is 0 Å². The van der Waals surface area contributed by atoms with E-state index in [0.717, 1.165) is 47.7 Å². The van der Waals surface area contributed by atoms with Crippen LogP contribution in [0.4, 0.5) is 5.82 Å². The molecule has 1 fully saturated rings. The molecule has 2 aromatic carbocycles. The summed E-state index contributed by atoms with van der Waals surface area (Å²) in [6.45, 7) is 2.89. The van der Waals surface area contributed by atoms with Crippen LogP contribution in [-0.4, -0.2) is 34.2 Å². The number of rotatable bonds is 1. The standard InChI is InChI=1S/C24H22N4O2/c1-15-18-14-24(19-11-6-5-10-17(19)21(29)25-23(24)30)20-12-7-13-27(20)22(18)28(26-15)16-8-3-2-4-9-16/h2-6,8-11,20H,7,12-14H2,1H3,(H,25,29,30)/t20-,24-/m1/s1. The van der Waals surface area contributed by atoms with Crippen LogP contribution in [0.15, 0.2) is 54.6 Å². The van der Waals surface area contributed by atoms with Gasteiger partial charge in [-0.15, -0.1) is 0 Å².